The molecular weight excluding hydrogens is 284 g/mol. The minimum atomic E-state index is -0.234. The van der Waals surface area contributed by atoms with E-state index >= 15 is 0 Å². The number of ketones is 1. The van der Waals surface area contributed by atoms with Crippen molar-refractivity contribution >= 4 is 23.0 Å². The Morgan fingerprint density at radius 3 is 2.67 bits per heavy atom. The number of aromatic nitrogens is 1. The number of thiazole rings is 1. The monoisotopic (exact) mass is 308 g/mol. The van der Waals surface area contributed by atoms with Gasteiger partial charge in [-0.3, -0.25) is 9.59 Å². The molecule has 1 aliphatic carbocycles. The van der Waals surface area contributed by atoms with Crippen LogP contribution in [-0.2, 0) is 11.2 Å². The third-order valence-corrected chi connectivity index (χ3v) is 4.53. The lowest BCUT2D eigenvalue weighted by molar-refractivity contribution is -0.119. The maximum absolute atomic E-state index is 12.0. The van der Waals surface area contributed by atoms with Gasteiger partial charge in [-0.1, -0.05) is 40.0 Å². The predicted octanol–water partition coefficient (Wildman–Crippen LogP) is 3.22. The largest absolute Gasteiger partial charge is 0.343 e. The number of Topliss-reactive ketones (excluding diaryl/α,β-unsaturated/α-hetero) is 1. The number of amides is 1. The van der Waals surface area contributed by atoms with E-state index in [9.17, 15) is 9.59 Å². The summed E-state index contributed by atoms with van der Waals surface area (Å²) in [4.78, 5) is 28.1. The van der Waals surface area contributed by atoms with Crippen molar-refractivity contribution in [3.05, 3.63) is 16.1 Å². The Hall–Kier alpha value is -1.23. The fourth-order valence-electron chi connectivity index (χ4n) is 2.41. The molecule has 0 unspecified atom stereocenters. The van der Waals surface area contributed by atoms with Crippen molar-refractivity contribution in [2.24, 2.45) is 11.3 Å². The van der Waals surface area contributed by atoms with Gasteiger partial charge in [-0.2, -0.15) is 0 Å². The molecule has 1 heterocycles. The first-order valence-corrected chi connectivity index (χ1v) is 8.46. The molecule has 2 rings (SSSR count). The number of nitrogens with zero attached hydrogens (tertiary/aromatic N) is 1. The van der Waals surface area contributed by atoms with E-state index in [1.54, 1.807) is 0 Å². The van der Waals surface area contributed by atoms with Crippen molar-refractivity contribution in [3.63, 3.8) is 0 Å². The number of hydrogen-bond acceptors (Lipinski definition) is 4. The van der Waals surface area contributed by atoms with Gasteiger partial charge in [0.15, 0.2) is 10.8 Å². The average molecular weight is 308 g/mol. The average Bonchev–Trinajstić information content (AvgIpc) is 2.77. The smallest absolute Gasteiger partial charge is 0.280 e. The van der Waals surface area contributed by atoms with Gasteiger partial charge in [0.1, 0.15) is 0 Å². The standard InChI is InChI=1S/C16H24N2O2S/c1-16(2,3)8-13(19)9-17-14(20)15-18-12(10-21-15)7-11-5-4-6-11/h10-11H,4-9H2,1-3H3,(H,17,20). The number of carbonyl (C=O) groups is 2. The quantitative estimate of drug-likeness (QED) is 0.878. The summed E-state index contributed by atoms with van der Waals surface area (Å²) in [6, 6.07) is 0. The van der Waals surface area contributed by atoms with Gasteiger partial charge in [-0.25, -0.2) is 4.98 Å². The minimum absolute atomic E-state index is 0.0427. The maximum atomic E-state index is 12.0. The zero-order chi connectivity index (χ0) is 15.5. The van der Waals surface area contributed by atoms with Crippen LogP contribution >= 0.6 is 11.3 Å². The van der Waals surface area contributed by atoms with Crippen molar-refractivity contribution in [2.75, 3.05) is 6.54 Å². The van der Waals surface area contributed by atoms with E-state index in [4.69, 9.17) is 0 Å². The van der Waals surface area contributed by atoms with Gasteiger partial charge in [-0.05, 0) is 17.8 Å². The minimum Gasteiger partial charge on any atom is -0.343 e. The van der Waals surface area contributed by atoms with Crippen molar-refractivity contribution in [2.45, 2.75) is 52.9 Å². The van der Waals surface area contributed by atoms with E-state index in [0.29, 0.717) is 11.4 Å². The number of rotatable bonds is 6. The summed E-state index contributed by atoms with van der Waals surface area (Å²) in [6.45, 7) is 6.13. The van der Waals surface area contributed by atoms with Gasteiger partial charge < -0.3 is 5.32 Å². The third kappa shape index (κ3) is 5.23. The van der Waals surface area contributed by atoms with Crippen molar-refractivity contribution in [3.8, 4) is 0 Å². The van der Waals surface area contributed by atoms with Crippen molar-refractivity contribution in [1.82, 2.24) is 10.3 Å². The molecule has 0 bridgehead atoms. The molecule has 0 aromatic carbocycles. The van der Waals surface area contributed by atoms with Gasteiger partial charge in [0.2, 0.25) is 0 Å². The summed E-state index contributed by atoms with van der Waals surface area (Å²) >= 11 is 1.36. The molecule has 1 amide bonds. The molecule has 1 aromatic heterocycles. The zero-order valence-corrected chi connectivity index (χ0v) is 13.9. The predicted molar refractivity (Wildman–Crippen MR) is 84.6 cm³/mol. The van der Waals surface area contributed by atoms with Crippen LogP contribution in [0.5, 0.6) is 0 Å². The molecule has 0 saturated heterocycles. The molecular formula is C16H24N2O2S. The molecule has 0 radical (unpaired) electrons. The SMILES string of the molecule is CC(C)(C)CC(=O)CNC(=O)c1nc(CC2CCC2)cs1. The Balaban J connectivity index is 1.79. The molecule has 1 fully saturated rings. The molecule has 1 N–H and O–H groups in total. The first-order chi connectivity index (χ1) is 9.83. The van der Waals surface area contributed by atoms with E-state index < -0.39 is 0 Å². The second-order valence-corrected chi connectivity index (χ2v) is 7.96. The first kappa shape index (κ1) is 16.1. The molecule has 21 heavy (non-hydrogen) atoms. The third-order valence-electron chi connectivity index (χ3n) is 3.64. The highest BCUT2D eigenvalue weighted by molar-refractivity contribution is 7.11. The molecule has 116 valence electrons. The Bertz CT molecular complexity index is 513. The lowest BCUT2D eigenvalue weighted by Crippen LogP contribution is -2.31. The lowest BCUT2D eigenvalue weighted by Gasteiger charge is -2.24. The molecule has 1 aliphatic rings. The summed E-state index contributed by atoms with van der Waals surface area (Å²) in [7, 11) is 0. The Morgan fingerprint density at radius 2 is 2.10 bits per heavy atom. The highest BCUT2D eigenvalue weighted by atomic mass is 32.1. The second kappa shape index (κ2) is 6.69. The number of carbonyl (C=O) groups excluding carboxylic acids is 2. The second-order valence-electron chi connectivity index (χ2n) is 7.10. The van der Waals surface area contributed by atoms with Gasteiger partial charge >= 0.3 is 0 Å². The molecule has 1 aromatic rings. The van der Waals surface area contributed by atoms with E-state index in [1.165, 1.54) is 30.6 Å². The summed E-state index contributed by atoms with van der Waals surface area (Å²) in [6.07, 6.45) is 5.32. The summed E-state index contributed by atoms with van der Waals surface area (Å²) in [5.41, 5.74) is 0.967. The molecule has 0 aliphatic heterocycles. The summed E-state index contributed by atoms with van der Waals surface area (Å²) in [5, 5.41) is 5.10. The first-order valence-electron chi connectivity index (χ1n) is 7.58. The fraction of sp³-hybridized carbons (Fsp3) is 0.688. The van der Waals surface area contributed by atoms with E-state index in [0.717, 1.165) is 18.0 Å². The maximum Gasteiger partial charge on any atom is 0.280 e. The summed E-state index contributed by atoms with van der Waals surface area (Å²) < 4.78 is 0. The fourth-order valence-corrected chi connectivity index (χ4v) is 3.15. The number of hydrogen-bond donors (Lipinski definition) is 1. The van der Waals surface area contributed by atoms with E-state index in [-0.39, 0.29) is 23.7 Å². The summed E-state index contributed by atoms with van der Waals surface area (Å²) in [5.74, 6) is 0.570. The van der Waals surface area contributed by atoms with E-state index in [1.807, 2.05) is 26.2 Å². The Labute approximate surface area is 130 Å². The van der Waals surface area contributed by atoms with Crippen LogP contribution in [0.3, 0.4) is 0 Å². The Kier molecular flexibility index (Phi) is 5.14. The van der Waals surface area contributed by atoms with Crippen LogP contribution in [0, 0.1) is 11.3 Å². The van der Waals surface area contributed by atoms with Crippen LogP contribution in [0.4, 0.5) is 0 Å². The lowest BCUT2D eigenvalue weighted by atomic mass is 9.82. The Morgan fingerprint density at radius 1 is 1.38 bits per heavy atom. The van der Waals surface area contributed by atoms with Crippen molar-refractivity contribution < 1.29 is 9.59 Å². The molecule has 0 atom stereocenters. The van der Waals surface area contributed by atoms with Crippen LogP contribution in [0.2, 0.25) is 0 Å². The molecule has 5 heteroatoms. The van der Waals surface area contributed by atoms with Crippen LogP contribution < -0.4 is 5.32 Å². The van der Waals surface area contributed by atoms with Gasteiger partial charge in [0.25, 0.3) is 5.91 Å². The van der Waals surface area contributed by atoms with Crippen LogP contribution in [-0.4, -0.2) is 23.2 Å². The molecule has 1 saturated carbocycles. The topological polar surface area (TPSA) is 59.1 Å². The van der Waals surface area contributed by atoms with Crippen LogP contribution in [0.25, 0.3) is 0 Å². The van der Waals surface area contributed by atoms with Crippen LogP contribution in [0.15, 0.2) is 5.38 Å². The highest BCUT2D eigenvalue weighted by Crippen LogP contribution is 2.30. The number of nitrogens with one attached hydrogen (secondary N) is 1. The van der Waals surface area contributed by atoms with Gasteiger partial charge in [-0.15, -0.1) is 11.3 Å². The van der Waals surface area contributed by atoms with Crippen LogP contribution in [0.1, 0.15) is 62.0 Å². The molecule has 4 nitrogen and oxygen atoms in total. The van der Waals surface area contributed by atoms with Crippen molar-refractivity contribution in [1.29, 1.82) is 0 Å². The molecule has 0 spiro atoms. The highest BCUT2D eigenvalue weighted by Gasteiger charge is 2.21. The van der Waals surface area contributed by atoms with Gasteiger partial charge in [0, 0.05) is 11.8 Å². The van der Waals surface area contributed by atoms with E-state index in [2.05, 4.69) is 10.3 Å². The van der Waals surface area contributed by atoms with Gasteiger partial charge in [0.05, 0.1) is 12.2 Å². The zero-order valence-electron chi connectivity index (χ0n) is 13.1. The normalized spacial score (nSPS) is 15.6.